The van der Waals surface area contributed by atoms with Crippen molar-refractivity contribution < 1.29 is 23.1 Å². The van der Waals surface area contributed by atoms with Gasteiger partial charge in [-0.3, -0.25) is 9.69 Å². The topological polar surface area (TPSA) is 40.5 Å². The van der Waals surface area contributed by atoms with Gasteiger partial charge >= 0.3 is 12.1 Å². The maximum Gasteiger partial charge on any atom is 0.401 e. The fraction of sp³-hybridized carbons (Fsp3) is 0.900. The third kappa shape index (κ3) is 5.95. The van der Waals surface area contributed by atoms with E-state index in [0.29, 0.717) is 6.42 Å². The van der Waals surface area contributed by atoms with Gasteiger partial charge in [-0.25, -0.2) is 0 Å². The predicted octanol–water partition coefficient (Wildman–Crippen LogP) is 2.37. The Hall–Kier alpha value is -0.780. The van der Waals surface area contributed by atoms with Crippen molar-refractivity contribution in [3.05, 3.63) is 0 Å². The number of halogens is 3. The highest BCUT2D eigenvalue weighted by Crippen LogP contribution is 2.22. The van der Waals surface area contributed by atoms with E-state index in [9.17, 15) is 18.0 Å². The molecule has 3 nitrogen and oxygen atoms in total. The van der Waals surface area contributed by atoms with Gasteiger partial charge in [-0.15, -0.1) is 0 Å². The first-order chi connectivity index (χ1) is 7.17. The van der Waals surface area contributed by atoms with Crippen molar-refractivity contribution >= 4 is 5.97 Å². The molecule has 96 valence electrons. The van der Waals surface area contributed by atoms with E-state index in [0.717, 1.165) is 4.90 Å². The van der Waals surface area contributed by atoms with Crippen molar-refractivity contribution in [3.8, 4) is 0 Å². The zero-order valence-corrected chi connectivity index (χ0v) is 9.71. The Morgan fingerprint density at radius 1 is 1.38 bits per heavy atom. The standard InChI is InChI=1S/C10H18F3NO2/c1-4-8(7(2)3)14(5-9(15)16)6-10(11,12)13/h7-8H,4-6H2,1-3H3,(H,15,16). The summed E-state index contributed by atoms with van der Waals surface area (Å²) < 4.78 is 36.8. The van der Waals surface area contributed by atoms with Gasteiger partial charge in [-0.05, 0) is 12.3 Å². The Kier molecular flexibility index (Phi) is 5.78. The third-order valence-corrected chi connectivity index (χ3v) is 2.38. The largest absolute Gasteiger partial charge is 0.480 e. The van der Waals surface area contributed by atoms with Crippen molar-refractivity contribution in [1.29, 1.82) is 0 Å². The van der Waals surface area contributed by atoms with Crippen LogP contribution in [0, 0.1) is 5.92 Å². The van der Waals surface area contributed by atoms with Crippen LogP contribution in [0.3, 0.4) is 0 Å². The van der Waals surface area contributed by atoms with Crippen LogP contribution in [-0.4, -0.2) is 41.3 Å². The Morgan fingerprint density at radius 3 is 2.12 bits per heavy atom. The van der Waals surface area contributed by atoms with Crippen LogP contribution in [-0.2, 0) is 4.79 Å². The molecule has 1 unspecified atom stereocenters. The molecule has 16 heavy (non-hydrogen) atoms. The monoisotopic (exact) mass is 241 g/mol. The summed E-state index contributed by atoms with van der Waals surface area (Å²) in [7, 11) is 0. The van der Waals surface area contributed by atoms with Crippen molar-refractivity contribution in [2.45, 2.75) is 39.4 Å². The number of alkyl halides is 3. The SMILES string of the molecule is CCC(C(C)C)N(CC(=O)O)CC(F)(F)F. The van der Waals surface area contributed by atoms with Crippen LogP contribution < -0.4 is 0 Å². The summed E-state index contributed by atoms with van der Waals surface area (Å²) in [5.41, 5.74) is 0. The molecule has 1 N–H and O–H groups in total. The fourth-order valence-electron chi connectivity index (χ4n) is 1.85. The molecule has 0 saturated heterocycles. The predicted molar refractivity (Wildman–Crippen MR) is 54.2 cm³/mol. The maximum absolute atomic E-state index is 12.3. The van der Waals surface area contributed by atoms with E-state index < -0.39 is 25.2 Å². The van der Waals surface area contributed by atoms with Gasteiger partial charge in [0.25, 0.3) is 0 Å². The summed E-state index contributed by atoms with van der Waals surface area (Å²) >= 11 is 0. The molecule has 0 bridgehead atoms. The summed E-state index contributed by atoms with van der Waals surface area (Å²) in [6, 6.07) is -0.363. The van der Waals surface area contributed by atoms with Gasteiger partial charge in [-0.1, -0.05) is 20.8 Å². The first-order valence-corrected chi connectivity index (χ1v) is 5.20. The Labute approximate surface area is 93.2 Å². The van der Waals surface area contributed by atoms with Crippen LogP contribution in [0.4, 0.5) is 13.2 Å². The van der Waals surface area contributed by atoms with E-state index in [1.807, 2.05) is 0 Å². The molecule has 0 heterocycles. The van der Waals surface area contributed by atoms with Crippen molar-refractivity contribution in [2.24, 2.45) is 5.92 Å². The van der Waals surface area contributed by atoms with Crippen LogP contribution in [0.5, 0.6) is 0 Å². The summed E-state index contributed by atoms with van der Waals surface area (Å²) in [5.74, 6) is -1.24. The van der Waals surface area contributed by atoms with Gasteiger partial charge in [0.05, 0.1) is 13.1 Å². The molecule has 0 aliphatic carbocycles. The second kappa shape index (κ2) is 6.08. The normalized spacial score (nSPS) is 14.5. The van der Waals surface area contributed by atoms with Crippen molar-refractivity contribution in [2.75, 3.05) is 13.1 Å². The fourth-order valence-corrected chi connectivity index (χ4v) is 1.85. The average Bonchev–Trinajstić information content (AvgIpc) is 1.99. The van der Waals surface area contributed by atoms with Crippen molar-refractivity contribution in [3.63, 3.8) is 0 Å². The lowest BCUT2D eigenvalue weighted by molar-refractivity contribution is -0.160. The molecule has 1 atom stereocenters. The molecule has 0 aliphatic heterocycles. The minimum Gasteiger partial charge on any atom is -0.480 e. The number of carboxylic acids is 1. The van der Waals surface area contributed by atoms with Gasteiger partial charge in [0.15, 0.2) is 0 Å². The zero-order valence-electron chi connectivity index (χ0n) is 9.71. The first kappa shape index (κ1) is 15.2. The summed E-state index contributed by atoms with van der Waals surface area (Å²) in [5, 5.41) is 8.60. The lowest BCUT2D eigenvalue weighted by Crippen LogP contribution is -2.46. The summed E-state index contributed by atoms with van der Waals surface area (Å²) in [6.07, 6.45) is -3.86. The highest BCUT2D eigenvalue weighted by Gasteiger charge is 2.35. The highest BCUT2D eigenvalue weighted by molar-refractivity contribution is 5.69. The molecule has 0 rings (SSSR count). The number of rotatable bonds is 6. The van der Waals surface area contributed by atoms with E-state index >= 15 is 0 Å². The Bertz CT molecular complexity index is 229. The Balaban J connectivity index is 4.70. The second-order valence-corrected chi connectivity index (χ2v) is 4.13. The van der Waals surface area contributed by atoms with Gasteiger partial charge in [-0.2, -0.15) is 13.2 Å². The second-order valence-electron chi connectivity index (χ2n) is 4.13. The minimum absolute atomic E-state index is 0.00769. The van der Waals surface area contributed by atoms with Gasteiger partial charge < -0.3 is 5.11 Å². The minimum atomic E-state index is -4.36. The average molecular weight is 241 g/mol. The van der Waals surface area contributed by atoms with Crippen LogP contribution in [0.1, 0.15) is 27.2 Å². The molecule has 6 heteroatoms. The van der Waals surface area contributed by atoms with Crippen LogP contribution in [0.25, 0.3) is 0 Å². The van der Waals surface area contributed by atoms with Crippen molar-refractivity contribution in [1.82, 2.24) is 4.90 Å². The van der Waals surface area contributed by atoms with E-state index in [4.69, 9.17) is 5.11 Å². The number of hydrogen-bond acceptors (Lipinski definition) is 2. The quantitative estimate of drug-likeness (QED) is 0.776. The number of aliphatic carboxylic acids is 1. The van der Waals surface area contributed by atoms with E-state index in [-0.39, 0.29) is 12.0 Å². The molecule has 0 aromatic rings. The maximum atomic E-state index is 12.3. The molecule has 0 spiro atoms. The van der Waals surface area contributed by atoms with Gasteiger partial charge in [0, 0.05) is 6.04 Å². The smallest absolute Gasteiger partial charge is 0.401 e. The lowest BCUT2D eigenvalue weighted by atomic mass is 10.00. The molecule has 0 saturated carbocycles. The molecular formula is C10H18F3NO2. The van der Waals surface area contributed by atoms with E-state index in [1.54, 1.807) is 20.8 Å². The molecule has 0 aromatic heterocycles. The molecule has 0 amide bonds. The number of hydrogen-bond donors (Lipinski definition) is 1. The highest BCUT2D eigenvalue weighted by atomic mass is 19.4. The number of carboxylic acid groups (broad SMARTS) is 1. The summed E-state index contributed by atoms with van der Waals surface area (Å²) in [6.45, 7) is 3.60. The van der Waals surface area contributed by atoms with Crippen LogP contribution >= 0.6 is 0 Å². The van der Waals surface area contributed by atoms with Gasteiger partial charge in [0.1, 0.15) is 0 Å². The number of carbonyl (C=O) groups is 1. The number of nitrogens with zero attached hydrogens (tertiary/aromatic N) is 1. The first-order valence-electron chi connectivity index (χ1n) is 5.20. The molecule has 0 aromatic carbocycles. The Morgan fingerprint density at radius 2 is 1.88 bits per heavy atom. The molecule has 0 radical (unpaired) electrons. The van der Waals surface area contributed by atoms with E-state index in [1.165, 1.54) is 0 Å². The van der Waals surface area contributed by atoms with Crippen LogP contribution in [0.2, 0.25) is 0 Å². The molecular weight excluding hydrogens is 223 g/mol. The summed E-state index contributed by atoms with van der Waals surface area (Å²) in [4.78, 5) is 11.5. The third-order valence-electron chi connectivity index (χ3n) is 2.38. The lowest BCUT2D eigenvalue weighted by Gasteiger charge is -2.33. The molecule has 0 fully saturated rings. The zero-order chi connectivity index (χ0) is 12.9. The molecule has 0 aliphatic rings. The van der Waals surface area contributed by atoms with Gasteiger partial charge in [0.2, 0.25) is 0 Å². The van der Waals surface area contributed by atoms with E-state index in [2.05, 4.69) is 0 Å². The van der Waals surface area contributed by atoms with Crippen LogP contribution in [0.15, 0.2) is 0 Å².